The van der Waals surface area contributed by atoms with Gasteiger partial charge in [0.25, 0.3) is 5.91 Å². The number of halogens is 2. The smallest absolute Gasteiger partial charge is 0.257 e. The van der Waals surface area contributed by atoms with Gasteiger partial charge in [-0.3, -0.25) is 9.69 Å². The van der Waals surface area contributed by atoms with Gasteiger partial charge in [-0.05, 0) is 31.4 Å². The summed E-state index contributed by atoms with van der Waals surface area (Å²) in [7, 11) is 0. The molecule has 3 N–H and O–H groups in total. The first kappa shape index (κ1) is 13.3. The number of hydrogen-bond acceptors (Lipinski definition) is 3. The molecule has 1 aromatic carbocycles. The van der Waals surface area contributed by atoms with Gasteiger partial charge in [-0.1, -0.05) is 0 Å². The minimum Gasteiger partial charge on any atom is -0.396 e. The van der Waals surface area contributed by atoms with Gasteiger partial charge < -0.3 is 11.1 Å². The van der Waals surface area contributed by atoms with Crippen LogP contribution < -0.4 is 11.1 Å². The maximum absolute atomic E-state index is 13.8. The van der Waals surface area contributed by atoms with Gasteiger partial charge in [-0.2, -0.15) is 0 Å². The Hall–Kier alpha value is -1.69. The third-order valence-corrected chi connectivity index (χ3v) is 3.97. The number of nitrogen functional groups attached to an aromatic ring is 1. The number of benzene rings is 1. The molecule has 1 amide bonds. The second-order valence-electron chi connectivity index (χ2n) is 5.51. The van der Waals surface area contributed by atoms with Crippen molar-refractivity contribution in [3.05, 3.63) is 29.3 Å². The van der Waals surface area contributed by atoms with Crippen LogP contribution in [0.25, 0.3) is 0 Å². The first-order chi connectivity index (χ1) is 9.56. The Kier molecular flexibility index (Phi) is 3.33. The summed E-state index contributed by atoms with van der Waals surface area (Å²) in [5.74, 6) is -2.60. The average Bonchev–Trinajstić information content (AvgIpc) is 3.16. The van der Waals surface area contributed by atoms with Crippen molar-refractivity contribution in [3.63, 3.8) is 0 Å². The molecule has 1 aromatic rings. The SMILES string of the molecule is Nc1ccc(F)c(C(=O)NC2CCN(C3CC3)C2)c1F. The van der Waals surface area contributed by atoms with E-state index in [4.69, 9.17) is 5.73 Å². The van der Waals surface area contributed by atoms with Gasteiger partial charge in [-0.15, -0.1) is 0 Å². The van der Waals surface area contributed by atoms with E-state index in [0.29, 0.717) is 6.04 Å². The van der Waals surface area contributed by atoms with Crippen molar-refractivity contribution >= 4 is 11.6 Å². The zero-order valence-corrected chi connectivity index (χ0v) is 11.0. The first-order valence-electron chi connectivity index (χ1n) is 6.84. The van der Waals surface area contributed by atoms with Crippen LogP contribution in [0.2, 0.25) is 0 Å². The fraction of sp³-hybridized carbons (Fsp3) is 0.500. The van der Waals surface area contributed by atoms with Gasteiger partial charge in [0.05, 0.1) is 5.69 Å². The molecule has 2 fully saturated rings. The molecule has 1 aliphatic heterocycles. The van der Waals surface area contributed by atoms with Crippen LogP contribution in [0.1, 0.15) is 29.6 Å². The molecule has 2 aliphatic rings. The van der Waals surface area contributed by atoms with E-state index in [0.717, 1.165) is 31.6 Å². The molecule has 0 radical (unpaired) electrons. The van der Waals surface area contributed by atoms with E-state index in [1.807, 2.05) is 0 Å². The predicted molar refractivity (Wildman–Crippen MR) is 71.2 cm³/mol. The van der Waals surface area contributed by atoms with Gasteiger partial charge >= 0.3 is 0 Å². The number of anilines is 1. The average molecular weight is 281 g/mol. The summed E-state index contributed by atoms with van der Waals surface area (Å²) in [6.07, 6.45) is 3.23. The second kappa shape index (κ2) is 5.01. The monoisotopic (exact) mass is 281 g/mol. The first-order valence-corrected chi connectivity index (χ1v) is 6.84. The minimum atomic E-state index is -0.987. The lowest BCUT2D eigenvalue weighted by Crippen LogP contribution is -2.38. The standard InChI is InChI=1S/C14H17F2N3O/c15-10-3-4-11(17)13(16)12(10)14(20)18-8-5-6-19(7-8)9-1-2-9/h3-4,8-9H,1-2,5-7,17H2,(H,18,20). The Bertz CT molecular complexity index is 545. The zero-order valence-electron chi connectivity index (χ0n) is 11.0. The molecule has 1 heterocycles. The molecule has 3 rings (SSSR count). The maximum Gasteiger partial charge on any atom is 0.257 e. The van der Waals surface area contributed by atoms with Crippen LogP contribution in [-0.2, 0) is 0 Å². The van der Waals surface area contributed by atoms with Crippen LogP contribution in [-0.4, -0.2) is 36.0 Å². The number of nitrogens with two attached hydrogens (primary N) is 1. The number of rotatable bonds is 3. The number of nitrogens with one attached hydrogen (secondary N) is 1. The van der Waals surface area contributed by atoms with Gasteiger partial charge in [0.15, 0.2) is 5.82 Å². The number of nitrogens with zero attached hydrogens (tertiary/aromatic N) is 1. The van der Waals surface area contributed by atoms with Crippen molar-refractivity contribution in [2.75, 3.05) is 18.8 Å². The molecular formula is C14H17F2N3O. The van der Waals surface area contributed by atoms with Crippen LogP contribution in [0, 0.1) is 11.6 Å². The summed E-state index contributed by atoms with van der Waals surface area (Å²) in [5.41, 5.74) is 4.57. The highest BCUT2D eigenvalue weighted by Crippen LogP contribution is 2.30. The summed E-state index contributed by atoms with van der Waals surface area (Å²) in [5, 5.41) is 2.70. The van der Waals surface area contributed by atoms with E-state index in [2.05, 4.69) is 10.2 Å². The highest BCUT2D eigenvalue weighted by Gasteiger charge is 2.35. The van der Waals surface area contributed by atoms with Gasteiger partial charge in [0, 0.05) is 25.2 Å². The minimum absolute atomic E-state index is 0.0525. The third-order valence-electron chi connectivity index (χ3n) is 3.97. The van der Waals surface area contributed by atoms with Gasteiger partial charge in [-0.25, -0.2) is 8.78 Å². The Morgan fingerprint density at radius 1 is 1.30 bits per heavy atom. The predicted octanol–water partition coefficient (Wildman–Crippen LogP) is 1.51. The molecular weight excluding hydrogens is 264 g/mol. The van der Waals surface area contributed by atoms with Gasteiger partial charge in [0.1, 0.15) is 11.4 Å². The molecule has 6 heteroatoms. The molecule has 1 saturated carbocycles. The Balaban J connectivity index is 1.69. The van der Waals surface area contributed by atoms with Crippen LogP contribution >= 0.6 is 0 Å². The molecule has 20 heavy (non-hydrogen) atoms. The molecule has 0 bridgehead atoms. The molecule has 4 nitrogen and oxygen atoms in total. The second-order valence-corrected chi connectivity index (χ2v) is 5.51. The third kappa shape index (κ3) is 2.47. The van der Waals surface area contributed by atoms with Crippen molar-refractivity contribution in [1.29, 1.82) is 0 Å². The van der Waals surface area contributed by atoms with Crippen molar-refractivity contribution < 1.29 is 13.6 Å². The van der Waals surface area contributed by atoms with Crippen LogP contribution in [0.4, 0.5) is 14.5 Å². The number of amides is 1. The largest absolute Gasteiger partial charge is 0.396 e. The highest BCUT2D eigenvalue weighted by molar-refractivity contribution is 5.95. The topological polar surface area (TPSA) is 58.4 Å². The number of hydrogen-bond donors (Lipinski definition) is 2. The number of likely N-dealkylation sites (tertiary alicyclic amines) is 1. The summed E-state index contributed by atoms with van der Waals surface area (Å²) >= 11 is 0. The zero-order chi connectivity index (χ0) is 14.3. The molecule has 1 atom stereocenters. The maximum atomic E-state index is 13.8. The van der Waals surface area contributed by atoms with E-state index in [-0.39, 0.29) is 11.7 Å². The Labute approximate surface area is 115 Å². The fourth-order valence-corrected chi connectivity index (χ4v) is 2.71. The molecule has 1 saturated heterocycles. The van der Waals surface area contributed by atoms with Crippen molar-refractivity contribution in [2.24, 2.45) is 0 Å². The normalized spacial score (nSPS) is 23.0. The highest BCUT2D eigenvalue weighted by atomic mass is 19.1. The van der Waals surface area contributed by atoms with Crippen LogP contribution in [0.5, 0.6) is 0 Å². The number of carbonyl (C=O) groups is 1. The van der Waals surface area contributed by atoms with E-state index in [1.165, 1.54) is 12.8 Å². The summed E-state index contributed by atoms with van der Waals surface area (Å²) in [4.78, 5) is 14.3. The lowest BCUT2D eigenvalue weighted by atomic mass is 10.1. The molecule has 0 spiro atoms. The Morgan fingerprint density at radius 3 is 2.75 bits per heavy atom. The van der Waals surface area contributed by atoms with Crippen molar-refractivity contribution in [3.8, 4) is 0 Å². The molecule has 108 valence electrons. The quantitative estimate of drug-likeness (QED) is 0.826. The lowest BCUT2D eigenvalue weighted by Gasteiger charge is -2.16. The van der Waals surface area contributed by atoms with E-state index in [1.54, 1.807) is 0 Å². The van der Waals surface area contributed by atoms with Crippen molar-refractivity contribution in [2.45, 2.75) is 31.3 Å². The van der Waals surface area contributed by atoms with E-state index in [9.17, 15) is 13.6 Å². The summed E-state index contributed by atoms with van der Waals surface area (Å²) in [6.45, 7) is 1.68. The van der Waals surface area contributed by atoms with Crippen molar-refractivity contribution in [1.82, 2.24) is 10.2 Å². The molecule has 1 unspecified atom stereocenters. The number of carbonyl (C=O) groups excluding carboxylic acids is 1. The van der Waals surface area contributed by atoms with Crippen LogP contribution in [0.3, 0.4) is 0 Å². The van der Waals surface area contributed by atoms with E-state index < -0.39 is 23.1 Å². The molecule has 0 aromatic heterocycles. The summed E-state index contributed by atoms with van der Waals surface area (Å²) in [6, 6.07) is 2.71. The lowest BCUT2D eigenvalue weighted by molar-refractivity contribution is 0.0929. The van der Waals surface area contributed by atoms with Crippen LogP contribution in [0.15, 0.2) is 12.1 Å². The summed E-state index contributed by atoms with van der Waals surface area (Å²) < 4.78 is 27.4. The van der Waals surface area contributed by atoms with Gasteiger partial charge in [0.2, 0.25) is 0 Å². The molecule has 1 aliphatic carbocycles. The fourth-order valence-electron chi connectivity index (χ4n) is 2.71. The van der Waals surface area contributed by atoms with E-state index >= 15 is 0 Å². The Morgan fingerprint density at radius 2 is 2.05 bits per heavy atom.